The molecule has 10 nitrogen and oxygen atoms in total. The Hall–Kier alpha value is -0.820. The molecule has 0 aliphatic carbocycles. The first-order chi connectivity index (χ1) is 14.4. The van der Waals surface area contributed by atoms with E-state index in [-0.39, 0.29) is 11.5 Å². The summed E-state index contributed by atoms with van der Waals surface area (Å²) in [6, 6.07) is 0.469. The number of aromatic nitrogens is 3. The summed E-state index contributed by atoms with van der Waals surface area (Å²) in [6.45, 7) is 10.2. The van der Waals surface area contributed by atoms with Gasteiger partial charge in [-0.3, -0.25) is 4.90 Å². The molecule has 1 aliphatic rings. The maximum Gasteiger partial charge on any atom is 0.152 e. The Morgan fingerprint density at radius 2 is 1.63 bits per heavy atom. The molecule has 2 rings (SSSR count). The third-order valence-electron chi connectivity index (χ3n) is 4.54. The topological polar surface area (TPSA) is 108 Å². The van der Waals surface area contributed by atoms with Gasteiger partial charge < -0.3 is 19.5 Å². The van der Waals surface area contributed by atoms with E-state index < -0.39 is 9.84 Å². The number of hydrogen-bond acceptors (Lipinski definition) is 9. The second-order valence-corrected chi connectivity index (χ2v) is 10.1. The van der Waals surface area contributed by atoms with Gasteiger partial charge in [0.25, 0.3) is 0 Å². The summed E-state index contributed by atoms with van der Waals surface area (Å²) in [5.41, 5.74) is 0.655. The molecule has 2 heterocycles. The normalized spacial score (nSPS) is 17.1. The van der Waals surface area contributed by atoms with E-state index in [0.717, 1.165) is 6.54 Å². The van der Waals surface area contributed by atoms with Gasteiger partial charge in [0.05, 0.1) is 57.7 Å². The standard InChI is InChI=1S/C18H34ClN5O5S/c1-16(2)20-3-7-27-9-11-29-12-10-28-8-4-24-18(19)17(21-22-24)15-23-5-13-30(25,26)14-6-23/h16,20H,3-15H2,1-2H3. The zero-order valence-electron chi connectivity index (χ0n) is 17.9. The Kier molecular flexibility index (Phi) is 11.5. The summed E-state index contributed by atoms with van der Waals surface area (Å²) in [6.07, 6.45) is 0. The van der Waals surface area contributed by atoms with Crippen LogP contribution in [0.15, 0.2) is 0 Å². The second-order valence-electron chi connectivity index (χ2n) is 7.42. The predicted molar refractivity (Wildman–Crippen MR) is 115 cm³/mol. The van der Waals surface area contributed by atoms with Crippen molar-refractivity contribution in [2.75, 3.05) is 70.8 Å². The van der Waals surface area contributed by atoms with E-state index in [0.29, 0.717) is 82.7 Å². The Balaban J connectivity index is 1.50. The van der Waals surface area contributed by atoms with Gasteiger partial charge in [0, 0.05) is 32.2 Å². The molecule has 30 heavy (non-hydrogen) atoms. The fourth-order valence-corrected chi connectivity index (χ4v) is 4.30. The quantitative estimate of drug-likeness (QED) is 0.362. The third-order valence-corrected chi connectivity index (χ3v) is 6.56. The second kappa shape index (κ2) is 13.6. The van der Waals surface area contributed by atoms with Crippen molar-refractivity contribution in [2.24, 2.45) is 0 Å². The van der Waals surface area contributed by atoms with Crippen molar-refractivity contribution < 1.29 is 22.6 Å². The largest absolute Gasteiger partial charge is 0.378 e. The average molecular weight is 468 g/mol. The minimum atomic E-state index is -2.90. The van der Waals surface area contributed by atoms with Crippen LogP contribution in [0.3, 0.4) is 0 Å². The molecule has 0 unspecified atom stereocenters. The summed E-state index contributed by atoms with van der Waals surface area (Å²) in [7, 11) is -2.90. The van der Waals surface area contributed by atoms with Crippen LogP contribution in [0.5, 0.6) is 0 Å². The highest BCUT2D eigenvalue weighted by atomic mass is 35.5. The maximum atomic E-state index is 11.5. The Labute approximate surface area is 184 Å². The van der Waals surface area contributed by atoms with Crippen molar-refractivity contribution in [3.63, 3.8) is 0 Å². The summed E-state index contributed by atoms with van der Waals surface area (Å²) in [4.78, 5) is 2.03. The van der Waals surface area contributed by atoms with Crippen LogP contribution in [0.2, 0.25) is 5.15 Å². The number of ether oxygens (including phenoxy) is 3. The lowest BCUT2D eigenvalue weighted by atomic mass is 10.4. The van der Waals surface area contributed by atoms with Gasteiger partial charge in [0.15, 0.2) is 15.0 Å². The van der Waals surface area contributed by atoms with Crippen LogP contribution in [-0.2, 0) is 37.1 Å². The van der Waals surface area contributed by atoms with Gasteiger partial charge in [-0.25, -0.2) is 13.1 Å². The first-order valence-corrected chi connectivity index (χ1v) is 12.5. The van der Waals surface area contributed by atoms with Crippen LogP contribution in [-0.4, -0.2) is 105 Å². The molecule has 174 valence electrons. The molecule has 0 saturated carbocycles. The number of rotatable bonds is 15. The number of halogens is 1. The monoisotopic (exact) mass is 467 g/mol. The molecule has 0 radical (unpaired) electrons. The highest BCUT2D eigenvalue weighted by molar-refractivity contribution is 7.91. The summed E-state index contributed by atoms with van der Waals surface area (Å²) >= 11 is 6.34. The highest BCUT2D eigenvalue weighted by Gasteiger charge is 2.23. The molecule has 1 aliphatic heterocycles. The van der Waals surface area contributed by atoms with Gasteiger partial charge in [-0.1, -0.05) is 30.7 Å². The fraction of sp³-hybridized carbons (Fsp3) is 0.889. The van der Waals surface area contributed by atoms with E-state index in [1.807, 2.05) is 4.90 Å². The van der Waals surface area contributed by atoms with E-state index in [1.165, 1.54) is 0 Å². The lowest BCUT2D eigenvalue weighted by molar-refractivity contribution is 0.0131. The minimum Gasteiger partial charge on any atom is -0.378 e. The molecule has 0 atom stereocenters. The zero-order chi connectivity index (χ0) is 21.8. The van der Waals surface area contributed by atoms with E-state index in [1.54, 1.807) is 4.68 Å². The average Bonchev–Trinajstić information content (AvgIpc) is 3.03. The summed E-state index contributed by atoms with van der Waals surface area (Å²) in [5.74, 6) is 0.353. The van der Waals surface area contributed by atoms with Gasteiger partial charge in [-0.05, 0) is 0 Å². The van der Waals surface area contributed by atoms with Gasteiger partial charge in [0.1, 0.15) is 5.69 Å². The molecule has 1 saturated heterocycles. The van der Waals surface area contributed by atoms with Crippen molar-refractivity contribution in [3.8, 4) is 0 Å². The fourth-order valence-electron chi connectivity index (χ4n) is 2.81. The lowest BCUT2D eigenvalue weighted by Gasteiger charge is -2.25. The molecular formula is C18H34ClN5O5S. The zero-order valence-corrected chi connectivity index (χ0v) is 19.5. The molecule has 1 aromatic rings. The van der Waals surface area contributed by atoms with E-state index >= 15 is 0 Å². The van der Waals surface area contributed by atoms with Gasteiger partial charge >= 0.3 is 0 Å². The van der Waals surface area contributed by atoms with Crippen LogP contribution in [0, 0.1) is 0 Å². The van der Waals surface area contributed by atoms with Crippen molar-refractivity contribution in [1.29, 1.82) is 0 Å². The number of nitrogens with one attached hydrogen (secondary N) is 1. The molecule has 1 aromatic heterocycles. The van der Waals surface area contributed by atoms with Gasteiger partial charge in [-0.15, -0.1) is 5.10 Å². The first kappa shape index (κ1) is 25.4. The van der Waals surface area contributed by atoms with Crippen molar-refractivity contribution in [3.05, 3.63) is 10.8 Å². The van der Waals surface area contributed by atoms with Crippen molar-refractivity contribution in [2.45, 2.75) is 33.0 Å². The third kappa shape index (κ3) is 9.99. The van der Waals surface area contributed by atoms with Crippen molar-refractivity contribution >= 4 is 21.4 Å². The van der Waals surface area contributed by atoms with Crippen LogP contribution >= 0.6 is 11.6 Å². The van der Waals surface area contributed by atoms with Crippen LogP contribution in [0.25, 0.3) is 0 Å². The van der Waals surface area contributed by atoms with Crippen molar-refractivity contribution in [1.82, 2.24) is 25.2 Å². The van der Waals surface area contributed by atoms with Crippen LogP contribution in [0.1, 0.15) is 19.5 Å². The summed E-state index contributed by atoms with van der Waals surface area (Å²) < 4.78 is 41.1. The SMILES string of the molecule is CC(C)NCCOCCOCCOCCn1nnc(CN2CCS(=O)(=O)CC2)c1Cl. The molecule has 0 aromatic carbocycles. The van der Waals surface area contributed by atoms with E-state index in [2.05, 4.69) is 29.5 Å². The first-order valence-electron chi connectivity index (χ1n) is 10.3. The smallest absolute Gasteiger partial charge is 0.152 e. The van der Waals surface area contributed by atoms with Crippen LogP contribution < -0.4 is 5.32 Å². The molecule has 0 amide bonds. The number of nitrogens with zero attached hydrogens (tertiary/aromatic N) is 4. The molecule has 1 fully saturated rings. The minimum absolute atomic E-state index is 0.177. The number of sulfone groups is 1. The lowest BCUT2D eigenvalue weighted by Crippen LogP contribution is -2.39. The Morgan fingerprint density at radius 1 is 1.03 bits per heavy atom. The molecular weight excluding hydrogens is 434 g/mol. The van der Waals surface area contributed by atoms with Gasteiger partial charge in [0.2, 0.25) is 0 Å². The van der Waals surface area contributed by atoms with E-state index in [9.17, 15) is 8.42 Å². The van der Waals surface area contributed by atoms with E-state index in [4.69, 9.17) is 25.8 Å². The molecule has 0 bridgehead atoms. The molecule has 1 N–H and O–H groups in total. The Bertz CT molecular complexity index is 702. The highest BCUT2D eigenvalue weighted by Crippen LogP contribution is 2.16. The van der Waals surface area contributed by atoms with Crippen LogP contribution in [0.4, 0.5) is 0 Å². The maximum absolute atomic E-state index is 11.5. The van der Waals surface area contributed by atoms with Gasteiger partial charge in [-0.2, -0.15) is 0 Å². The summed E-state index contributed by atoms with van der Waals surface area (Å²) in [5, 5.41) is 11.9. The number of hydrogen-bond donors (Lipinski definition) is 1. The molecule has 0 spiro atoms. The predicted octanol–water partition coefficient (Wildman–Crippen LogP) is 0.210. The molecule has 12 heteroatoms. The Morgan fingerprint density at radius 3 is 2.27 bits per heavy atom.